The van der Waals surface area contributed by atoms with E-state index in [2.05, 4.69) is 27.0 Å². The summed E-state index contributed by atoms with van der Waals surface area (Å²) in [5.74, 6) is -0.794. The number of halogens is 1. The van der Waals surface area contributed by atoms with Gasteiger partial charge in [-0.25, -0.2) is 0 Å². The number of aromatic amines is 1. The molecule has 2 aliphatic rings. The Labute approximate surface area is 184 Å². The molecule has 1 aromatic carbocycles. The molecule has 9 heteroatoms. The minimum Gasteiger partial charge on any atom is -0.356 e. The fourth-order valence-corrected chi connectivity index (χ4v) is 4.20. The number of benzene rings is 1. The van der Waals surface area contributed by atoms with E-state index in [0.717, 1.165) is 18.2 Å². The van der Waals surface area contributed by atoms with Crippen molar-refractivity contribution in [3.63, 3.8) is 0 Å². The Kier molecular flexibility index (Phi) is 6.14. The van der Waals surface area contributed by atoms with E-state index in [-0.39, 0.29) is 18.2 Å². The summed E-state index contributed by atoms with van der Waals surface area (Å²) in [7, 11) is 0. The van der Waals surface area contributed by atoms with Crippen molar-refractivity contribution in [1.82, 2.24) is 20.9 Å². The average molecular weight is 442 g/mol. The smallest absolute Gasteiger partial charge is 0.268 e. The Hall–Kier alpha value is -3.05. The van der Waals surface area contributed by atoms with E-state index in [1.807, 2.05) is 6.07 Å². The van der Waals surface area contributed by atoms with Gasteiger partial charge in [0.15, 0.2) is 0 Å². The highest BCUT2D eigenvalue weighted by atomic mass is 35.5. The Morgan fingerprint density at radius 1 is 1.23 bits per heavy atom. The largest absolute Gasteiger partial charge is 0.356 e. The summed E-state index contributed by atoms with van der Waals surface area (Å²) in [5.41, 5.74) is 0.980. The molecule has 4 rings (SSSR count). The normalized spacial score (nSPS) is 20.0. The Morgan fingerprint density at radius 2 is 2.03 bits per heavy atom. The van der Waals surface area contributed by atoms with Gasteiger partial charge in [-0.3, -0.25) is 14.4 Å². The number of H-pyrrole nitrogens is 1. The third kappa shape index (κ3) is 5.00. The minimum atomic E-state index is -0.785. The lowest BCUT2D eigenvalue weighted by Gasteiger charge is -2.21. The number of amides is 3. The topological polar surface area (TPSA) is 127 Å². The molecule has 1 aliphatic heterocycles. The van der Waals surface area contributed by atoms with Gasteiger partial charge in [0.2, 0.25) is 11.8 Å². The molecule has 31 heavy (non-hydrogen) atoms. The molecule has 2 aromatic rings. The summed E-state index contributed by atoms with van der Waals surface area (Å²) in [5, 5.41) is 19.0. The zero-order valence-electron chi connectivity index (χ0n) is 16.9. The van der Waals surface area contributed by atoms with Gasteiger partial charge in [0.1, 0.15) is 17.8 Å². The van der Waals surface area contributed by atoms with E-state index in [9.17, 15) is 19.6 Å². The predicted molar refractivity (Wildman–Crippen MR) is 115 cm³/mol. The molecule has 162 valence electrons. The fraction of sp³-hybridized carbons (Fsp3) is 0.455. The Morgan fingerprint density at radius 3 is 2.68 bits per heavy atom. The van der Waals surface area contributed by atoms with Crippen LogP contribution in [0.1, 0.15) is 42.6 Å². The van der Waals surface area contributed by atoms with Crippen molar-refractivity contribution in [2.45, 2.75) is 44.2 Å². The average Bonchev–Trinajstić information content (AvgIpc) is 3.30. The number of para-hydroxylation sites is 1. The van der Waals surface area contributed by atoms with Gasteiger partial charge in [0.25, 0.3) is 5.91 Å². The first-order valence-electron chi connectivity index (χ1n) is 10.5. The number of hydrogen-bond donors (Lipinski definition) is 4. The summed E-state index contributed by atoms with van der Waals surface area (Å²) in [6, 6.07) is 7.60. The lowest BCUT2D eigenvalue weighted by molar-refractivity contribution is -0.125. The number of aromatic nitrogens is 1. The molecule has 3 atom stereocenters. The van der Waals surface area contributed by atoms with Crippen molar-refractivity contribution in [3.8, 4) is 6.07 Å². The zero-order chi connectivity index (χ0) is 22.0. The third-order valence-electron chi connectivity index (χ3n) is 5.89. The highest BCUT2D eigenvalue weighted by Gasteiger charge is 2.33. The molecule has 1 saturated carbocycles. The standard InChI is InChI=1S/C22H24ClN5O3/c23-16-3-1-2-13-10-18(27-19(13)16)22(31)28-17(8-12-4-5-12)21(30)26-15(11-24)9-14-6-7-25-20(14)29/h1-3,10,12,14-15,17,27H,4-9H2,(H,25,29)(H,26,30)(H,28,31)/t14?,15-,17-/m0/s1. The Balaban J connectivity index is 1.43. The zero-order valence-corrected chi connectivity index (χ0v) is 17.7. The van der Waals surface area contributed by atoms with Crippen molar-refractivity contribution in [2.24, 2.45) is 11.8 Å². The SMILES string of the molecule is N#C[C@H](CC1CCNC1=O)NC(=O)[C@H](CC1CC1)NC(=O)c1cc2cccc(Cl)c2[nH]1. The highest BCUT2D eigenvalue weighted by molar-refractivity contribution is 6.35. The summed E-state index contributed by atoms with van der Waals surface area (Å²) in [4.78, 5) is 40.6. The van der Waals surface area contributed by atoms with E-state index in [1.54, 1.807) is 18.2 Å². The molecule has 2 heterocycles. The van der Waals surface area contributed by atoms with Crippen LogP contribution in [0.3, 0.4) is 0 Å². The number of rotatable bonds is 8. The quantitative estimate of drug-likeness (QED) is 0.501. The van der Waals surface area contributed by atoms with Crippen LogP contribution in [0.2, 0.25) is 5.02 Å². The van der Waals surface area contributed by atoms with Gasteiger partial charge in [-0.1, -0.05) is 36.6 Å². The van der Waals surface area contributed by atoms with Crippen molar-refractivity contribution >= 4 is 40.2 Å². The monoisotopic (exact) mass is 441 g/mol. The highest BCUT2D eigenvalue weighted by Crippen LogP contribution is 2.33. The fourth-order valence-electron chi connectivity index (χ4n) is 3.97. The first-order chi connectivity index (χ1) is 14.9. The van der Waals surface area contributed by atoms with Gasteiger partial charge < -0.3 is 20.9 Å². The molecule has 0 bridgehead atoms. The Bertz CT molecular complexity index is 1060. The van der Waals surface area contributed by atoms with E-state index in [0.29, 0.717) is 41.5 Å². The van der Waals surface area contributed by atoms with Crippen molar-refractivity contribution < 1.29 is 14.4 Å². The number of carbonyl (C=O) groups excluding carboxylic acids is 3. The first kappa shape index (κ1) is 21.2. The molecule has 1 aromatic heterocycles. The van der Waals surface area contributed by atoms with E-state index < -0.39 is 23.9 Å². The van der Waals surface area contributed by atoms with Crippen LogP contribution in [0.4, 0.5) is 0 Å². The minimum absolute atomic E-state index is 0.0881. The number of nitriles is 1. The van der Waals surface area contributed by atoms with Gasteiger partial charge in [-0.05, 0) is 37.3 Å². The number of carbonyl (C=O) groups is 3. The molecular formula is C22H24ClN5O3. The second-order valence-corrected chi connectivity index (χ2v) is 8.70. The predicted octanol–water partition coefficient (Wildman–Crippen LogP) is 2.25. The molecule has 8 nitrogen and oxygen atoms in total. The molecular weight excluding hydrogens is 418 g/mol. The van der Waals surface area contributed by atoms with Crippen LogP contribution in [-0.2, 0) is 9.59 Å². The van der Waals surface area contributed by atoms with Crippen LogP contribution >= 0.6 is 11.6 Å². The van der Waals surface area contributed by atoms with Crippen LogP contribution in [0, 0.1) is 23.2 Å². The summed E-state index contributed by atoms with van der Waals surface area (Å²) in [6.07, 6.45) is 3.47. The number of hydrogen-bond acceptors (Lipinski definition) is 4. The van der Waals surface area contributed by atoms with Crippen LogP contribution in [-0.4, -0.2) is 41.3 Å². The lowest BCUT2D eigenvalue weighted by atomic mass is 9.98. The molecule has 4 N–H and O–H groups in total. The second kappa shape index (κ2) is 8.98. The summed E-state index contributed by atoms with van der Waals surface area (Å²) in [6.45, 7) is 0.588. The molecule has 1 saturated heterocycles. The maximum absolute atomic E-state index is 12.9. The summed E-state index contributed by atoms with van der Waals surface area (Å²) < 4.78 is 0. The molecule has 3 amide bonds. The molecule has 1 aliphatic carbocycles. The number of nitrogens with one attached hydrogen (secondary N) is 4. The van der Waals surface area contributed by atoms with Gasteiger partial charge in [0, 0.05) is 17.8 Å². The van der Waals surface area contributed by atoms with Gasteiger partial charge in [0.05, 0.1) is 16.6 Å². The van der Waals surface area contributed by atoms with Crippen LogP contribution in [0.5, 0.6) is 0 Å². The van der Waals surface area contributed by atoms with Crippen molar-refractivity contribution in [2.75, 3.05) is 6.54 Å². The maximum Gasteiger partial charge on any atom is 0.268 e. The van der Waals surface area contributed by atoms with Crippen LogP contribution in [0.15, 0.2) is 24.3 Å². The van der Waals surface area contributed by atoms with Gasteiger partial charge >= 0.3 is 0 Å². The third-order valence-corrected chi connectivity index (χ3v) is 6.21. The second-order valence-electron chi connectivity index (χ2n) is 8.29. The van der Waals surface area contributed by atoms with Crippen LogP contribution in [0.25, 0.3) is 10.9 Å². The van der Waals surface area contributed by atoms with Gasteiger partial charge in [-0.2, -0.15) is 5.26 Å². The van der Waals surface area contributed by atoms with E-state index in [4.69, 9.17) is 11.6 Å². The van der Waals surface area contributed by atoms with E-state index in [1.165, 1.54) is 0 Å². The number of fused-ring (bicyclic) bond motifs is 1. The first-order valence-corrected chi connectivity index (χ1v) is 10.9. The van der Waals surface area contributed by atoms with Crippen molar-refractivity contribution in [1.29, 1.82) is 5.26 Å². The molecule has 2 fully saturated rings. The number of nitrogens with zero attached hydrogens (tertiary/aromatic N) is 1. The summed E-state index contributed by atoms with van der Waals surface area (Å²) >= 11 is 6.18. The van der Waals surface area contributed by atoms with E-state index >= 15 is 0 Å². The molecule has 0 spiro atoms. The van der Waals surface area contributed by atoms with Crippen LogP contribution < -0.4 is 16.0 Å². The lowest BCUT2D eigenvalue weighted by Crippen LogP contribution is -2.50. The van der Waals surface area contributed by atoms with Gasteiger partial charge in [-0.15, -0.1) is 0 Å². The maximum atomic E-state index is 12.9. The molecule has 0 radical (unpaired) electrons. The molecule has 1 unspecified atom stereocenters. The van der Waals surface area contributed by atoms with Crippen molar-refractivity contribution in [3.05, 3.63) is 35.0 Å².